The Kier molecular flexibility index (Phi) is 6.39. The highest BCUT2D eigenvalue weighted by molar-refractivity contribution is 4.70. The lowest BCUT2D eigenvalue weighted by Gasteiger charge is -2.25. The van der Waals surface area contributed by atoms with Crippen LogP contribution in [0.1, 0.15) is 34.1 Å². The predicted molar refractivity (Wildman–Crippen MR) is 55.2 cm³/mol. The Morgan fingerprint density at radius 1 is 1.25 bits per heavy atom. The number of nitrogens with zero attached hydrogens (tertiary/aromatic N) is 1. The molecule has 0 aliphatic carbocycles. The quantitative estimate of drug-likeness (QED) is 0.661. The maximum absolute atomic E-state index is 5.98. The summed E-state index contributed by atoms with van der Waals surface area (Å²) in [5.41, 5.74) is 5.98. The zero-order valence-electron chi connectivity index (χ0n) is 9.01. The van der Waals surface area contributed by atoms with E-state index in [4.69, 9.17) is 5.73 Å². The zero-order valence-corrected chi connectivity index (χ0v) is 9.01. The third-order valence-electron chi connectivity index (χ3n) is 2.31. The summed E-state index contributed by atoms with van der Waals surface area (Å²) in [7, 11) is 0. The maximum atomic E-state index is 5.98. The van der Waals surface area contributed by atoms with E-state index in [1.165, 1.54) is 13.0 Å². The van der Waals surface area contributed by atoms with Crippen molar-refractivity contribution in [3.05, 3.63) is 0 Å². The predicted octanol–water partition coefficient (Wildman–Crippen LogP) is 1.70. The number of hydrogen-bond donors (Lipinski definition) is 1. The molecule has 0 saturated carbocycles. The first kappa shape index (κ1) is 11.9. The second-order valence-corrected chi connectivity index (χ2v) is 3.80. The van der Waals surface area contributed by atoms with Gasteiger partial charge in [-0.05, 0) is 25.4 Å². The molecule has 0 spiro atoms. The summed E-state index contributed by atoms with van der Waals surface area (Å²) in [6.45, 7) is 12.1. The van der Waals surface area contributed by atoms with E-state index in [-0.39, 0.29) is 0 Å². The Labute approximate surface area is 77.1 Å². The minimum Gasteiger partial charge on any atom is -0.326 e. The van der Waals surface area contributed by atoms with Crippen LogP contribution < -0.4 is 5.73 Å². The number of hydrogen-bond acceptors (Lipinski definition) is 2. The van der Waals surface area contributed by atoms with Crippen molar-refractivity contribution >= 4 is 0 Å². The lowest BCUT2D eigenvalue weighted by molar-refractivity contribution is 0.249. The molecule has 0 aliphatic heterocycles. The largest absolute Gasteiger partial charge is 0.326 e. The van der Waals surface area contributed by atoms with Crippen LogP contribution in [0.4, 0.5) is 0 Å². The molecule has 2 nitrogen and oxygen atoms in total. The van der Waals surface area contributed by atoms with Crippen molar-refractivity contribution in [3.8, 4) is 0 Å². The Hall–Kier alpha value is -0.0800. The van der Waals surface area contributed by atoms with Gasteiger partial charge < -0.3 is 10.6 Å². The molecule has 1 atom stereocenters. The normalized spacial score (nSPS) is 14.2. The number of likely N-dealkylation sites (N-methyl/N-ethyl adjacent to an activating group) is 1. The summed E-state index contributed by atoms with van der Waals surface area (Å²) >= 11 is 0. The molecule has 0 saturated heterocycles. The Balaban J connectivity index is 3.68. The topological polar surface area (TPSA) is 29.3 Å². The van der Waals surface area contributed by atoms with Crippen molar-refractivity contribution in [2.75, 3.05) is 19.6 Å². The van der Waals surface area contributed by atoms with Crippen LogP contribution in [0.2, 0.25) is 0 Å². The Bertz CT molecular complexity index is 102. The molecule has 0 aromatic rings. The van der Waals surface area contributed by atoms with Crippen LogP contribution in [0.25, 0.3) is 0 Å². The van der Waals surface area contributed by atoms with Crippen molar-refractivity contribution in [2.24, 2.45) is 11.7 Å². The van der Waals surface area contributed by atoms with Crippen molar-refractivity contribution in [1.82, 2.24) is 4.90 Å². The van der Waals surface area contributed by atoms with Crippen LogP contribution in [-0.2, 0) is 0 Å². The molecule has 0 radical (unpaired) electrons. The minimum absolute atomic E-state index is 0.330. The van der Waals surface area contributed by atoms with E-state index in [0.717, 1.165) is 13.1 Å². The monoisotopic (exact) mass is 172 g/mol. The first-order valence-electron chi connectivity index (χ1n) is 5.09. The molecule has 2 N–H and O–H groups in total. The minimum atomic E-state index is 0.330. The SMILES string of the molecule is CCCN(CC)CC(N)C(C)C. The standard InChI is InChI=1S/C10H24N2/c1-5-7-12(6-2)8-10(11)9(3)4/h9-10H,5-8,11H2,1-4H3. The van der Waals surface area contributed by atoms with Gasteiger partial charge in [-0.3, -0.25) is 0 Å². The third kappa shape index (κ3) is 4.73. The van der Waals surface area contributed by atoms with E-state index in [0.29, 0.717) is 12.0 Å². The fourth-order valence-electron chi connectivity index (χ4n) is 1.20. The molecule has 0 amide bonds. The van der Waals surface area contributed by atoms with Gasteiger partial charge in [0.1, 0.15) is 0 Å². The average molecular weight is 172 g/mol. The van der Waals surface area contributed by atoms with Crippen LogP contribution in [0.15, 0.2) is 0 Å². The van der Waals surface area contributed by atoms with Gasteiger partial charge in [0, 0.05) is 12.6 Å². The molecular weight excluding hydrogens is 148 g/mol. The van der Waals surface area contributed by atoms with Crippen LogP contribution >= 0.6 is 0 Å². The Morgan fingerprint density at radius 2 is 1.83 bits per heavy atom. The fraction of sp³-hybridized carbons (Fsp3) is 1.00. The van der Waals surface area contributed by atoms with Gasteiger partial charge in [0.15, 0.2) is 0 Å². The molecule has 0 aromatic heterocycles. The first-order valence-corrected chi connectivity index (χ1v) is 5.09. The highest BCUT2D eigenvalue weighted by atomic mass is 15.1. The van der Waals surface area contributed by atoms with Crippen molar-refractivity contribution in [2.45, 2.75) is 40.2 Å². The lowest BCUT2D eigenvalue weighted by atomic mass is 10.1. The molecule has 1 unspecified atom stereocenters. The van der Waals surface area contributed by atoms with Crippen molar-refractivity contribution < 1.29 is 0 Å². The molecule has 0 fully saturated rings. The summed E-state index contributed by atoms with van der Waals surface area (Å²) in [4.78, 5) is 2.42. The molecule has 74 valence electrons. The van der Waals surface area contributed by atoms with Gasteiger partial charge >= 0.3 is 0 Å². The lowest BCUT2D eigenvalue weighted by Crippen LogP contribution is -2.40. The van der Waals surface area contributed by atoms with Crippen LogP contribution in [0.3, 0.4) is 0 Å². The number of rotatable bonds is 6. The van der Waals surface area contributed by atoms with E-state index in [1.807, 2.05) is 0 Å². The van der Waals surface area contributed by atoms with Crippen LogP contribution in [0.5, 0.6) is 0 Å². The third-order valence-corrected chi connectivity index (χ3v) is 2.31. The Morgan fingerprint density at radius 3 is 2.17 bits per heavy atom. The van der Waals surface area contributed by atoms with Gasteiger partial charge in [-0.1, -0.05) is 27.7 Å². The van der Waals surface area contributed by atoms with Crippen LogP contribution in [-0.4, -0.2) is 30.6 Å². The van der Waals surface area contributed by atoms with Gasteiger partial charge in [-0.15, -0.1) is 0 Å². The van der Waals surface area contributed by atoms with Crippen LogP contribution in [0, 0.1) is 5.92 Å². The summed E-state index contributed by atoms with van der Waals surface area (Å²) in [5.74, 6) is 0.593. The number of nitrogens with two attached hydrogens (primary N) is 1. The molecule has 0 aliphatic rings. The zero-order chi connectivity index (χ0) is 9.56. The molecule has 0 heterocycles. The smallest absolute Gasteiger partial charge is 0.0191 e. The summed E-state index contributed by atoms with van der Waals surface area (Å²) in [6, 6.07) is 0.330. The van der Waals surface area contributed by atoms with Gasteiger partial charge in [0.25, 0.3) is 0 Å². The van der Waals surface area contributed by atoms with Gasteiger partial charge in [-0.25, -0.2) is 0 Å². The molecule has 0 bridgehead atoms. The van der Waals surface area contributed by atoms with E-state index in [9.17, 15) is 0 Å². The molecule has 0 rings (SSSR count). The highest BCUT2D eigenvalue weighted by Gasteiger charge is 2.10. The molecule has 12 heavy (non-hydrogen) atoms. The maximum Gasteiger partial charge on any atom is 0.0191 e. The van der Waals surface area contributed by atoms with Gasteiger partial charge in [-0.2, -0.15) is 0 Å². The second-order valence-electron chi connectivity index (χ2n) is 3.80. The summed E-state index contributed by atoms with van der Waals surface area (Å²) < 4.78 is 0. The van der Waals surface area contributed by atoms with Crippen molar-refractivity contribution in [1.29, 1.82) is 0 Å². The van der Waals surface area contributed by atoms with E-state index < -0.39 is 0 Å². The molecule has 2 heteroatoms. The summed E-state index contributed by atoms with van der Waals surface area (Å²) in [6.07, 6.45) is 1.22. The van der Waals surface area contributed by atoms with Gasteiger partial charge in [0.2, 0.25) is 0 Å². The highest BCUT2D eigenvalue weighted by Crippen LogP contribution is 2.01. The van der Waals surface area contributed by atoms with Gasteiger partial charge in [0.05, 0.1) is 0 Å². The average Bonchev–Trinajstić information content (AvgIpc) is 2.03. The van der Waals surface area contributed by atoms with E-state index >= 15 is 0 Å². The summed E-state index contributed by atoms with van der Waals surface area (Å²) in [5, 5.41) is 0. The van der Waals surface area contributed by atoms with Crippen molar-refractivity contribution in [3.63, 3.8) is 0 Å². The second kappa shape index (κ2) is 6.44. The first-order chi connectivity index (χ1) is 5.61. The van der Waals surface area contributed by atoms with E-state index in [2.05, 4.69) is 32.6 Å². The fourth-order valence-corrected chi connectivity index (χ4v) is 1.20. The van der Waals surface area contributed by atoms with E-state index in [1.54, 1.807) is 0 Å². The molecule has 0 aromatic carbocycles. The molecular formula is C10H24N2.